The van der Waals surface area contributed by atoms with Crippen LogP contribution in [-0.2, 0) is 11.2 Å². The van der Waals surface area contributed by atoms with Gasteiger partial charge in [-0.15, -0.1) is 0 Å². The van der Waals surface area contributed by atoms with Gasteiger partial charge >= 0.3 is 0 Å². The molecule has 1 aliphatic rings. The molecule has 0 saturated carbocycles. The van der Waals surface area contributed by atoms with E-state index in [1.165, 1.54) is 0 Å². The van der Waals surface area contributed by atoms with Crippen LogP contribution in [0.4, 0.5) is 5.69 Å². The van der Waals surface area contributed by atoms with Crippen molar-refractivity contribution in [3.63, 3.8) is 0 Å². The van der Waals surface area contributed by atoms with Crippen LogP contribution < -0.4 is 10.5 Å². The number of para-hydroxylation sites is 1. The first-order valence-electron chi connectivity index (χ1n) is 10.7. The summed E-state index contributed by atoms with van der Waals surface area (Å²) in [6, 6.07) is 21.1. The molecule has 4 aromatic rings. The Morgan fingerprint density at radius 1 is 1.00 bits per heavy atom. The summed E-state index contributed by atoms with van der Waals surface area (Å²) >= 11 is 3.54. The Kier molecular flexibility index (Phi) is 5.18. The van der Waals surface area contributed by atoms with Gasteiger partial charge in [0.05, 0.1) is 22.5 Å². The molecule has 6 heteroatoms. The van der Waals surface area contributed by atoms with Crippen LogP contribution in [0.2, 0.25) is 0 Å². The summed E-state index contributed by atoms with van der Waals surface area (Å²) in [5.41, 5.74) is 4.27. The van der Waals surface area contributed by atoms with Crippen molar-refractivity contribution in [1.29, 1.82) is 0 Å². The number of nitrogens with zero attached hydrogens (tertiary/aromatic N) is 3. The van der Waals surface area contributed by atoms with Gasteiger partial charge in [0.25, 0.3) is 5.56 Å². The third kappa shape index (κ3) is 3.35. The van der Waals surface area contributed by atoms with Crippen LogP contribution in [0, 0.1) is 6.92 Å². The first-order valence-corrected chi connectivity index (χ1v) is 11.5. The lowest BCUT2D eigenvalue weighted by molar-refractivity contribution is -0.119. The average Bonchev–Trinajstić information content (AvgIpc) is 3.05. The first-order chi connectivity index (χ1) is 15.5. The molecule has 1 aromatic heterocycles. The van der Waals surface area contributed by atoms with E-state index in [9.17, 15) is 9.59 Å². The number of hydrogen-bond donors (Lipinski definition) is 0. The molecule has 1 aliphatic heterocycles. The summed E-state index contributed by atoms with van der Waals surface area (Å²) in [4.78, 5) is 33.5. The monoisotopic (exact) mass is 487 g/mol. The fourth-order valence-corrected chi connectivity index (χ4v) is 4.85. The molecule has 1 unspecified atom stereocenters. The van der Waals surface area contributed by atoms with Gasteiger partial charge in [-0.3, -0.25) is 14.2 Å². The number of rotatable bonds is 4. The van der Waals surface area contributed by atoms with E-state index >= 15 is 0 Å². The van der Waals surface area contributed by atoms with Crippen molar-refractivity contribution in [2.75, 3.05) is 11.4 Å². The molecule has 2 heterocycles. The van der Waals surface area contributed by atoms with Crippen LogP contribution >= 0.6 is 15.9 Å². The normalized spacial score (nSPS) is 15.4. The van der Waals surface area contributed by atoms with Crippen molar-refractivity contribution in [3.05, 3.63) is 98.5 Å². The summed E-state index contributed by atoms with van der Waals surface area (Å²) in [7, 11) is 0. The molecule has 0 fully saturated rings. The number of aryl methyl sites for hydroxylation is 1. The predicted molar refractivity (Wildman–Crippen MR) is 131 cm³/mol. The number of halogens is 1. The summed E-state index contributed by atoms with van der Waals surface area (Å²) in [5, 5.41) is 0.563. The number of aromatic nitrogens is 2. The molecule has 1 atom stereocenters. The Bertz CT molecular complexity index is 1410. The van der Waals surface area contributed by atoms with Crippen LogP contribution in [0.15, 0.2) is 76.0 Å². The van der Waals surface area contributed by atoms with Crippen LogP contribution in [0.25, 0.3) is 16.6 Å². The maximum absolute atomic E-state index is 13.5. The highest BCUT2D eigenvalue weighted by atomic mass is 79.9. The summed E-state index contributed by atoms with van der Waals surface area (Å²) in [5.74, 6) is 0.227. The Hall–Kier alpha value is -3.25. The van der Waals surface area contributed by atoms with Gasteiger partial charge in [0, 0.05) is 23.1 Å². The number of benzene rings is 3. The van der Waals surface area contributed by atoms with E-state index in [1.807, 2.05) is 79.4 Å². The van der Waals surface area contributed by atoms with E-state index in [1.54, 1.807) is 10.6 Å². The third-order valence-corrected chi connectivity index (χ3v) is 6.55. The molecule has 160 valence electrons. The molecule has 0 aliphatic carbocycles. The van der Waals surface area contributed by atoms with Gasteiger partial charge in [-0.2, -0.15) is 0 Å². The fourth-order valence-electron chi connectivity index (χ4n) is 4.47. The largest absolute Gasteiger partial charge is 0.312 e. The number of carbonyl (C=O) groups is 1. The second kappa shape index (κ2) is 8.02. The van der Waals surface area contributed by atoms with Crippen molar-refractivity contribution in [1.82, 2.24) is 9.55 Å². The van der Waals surface area contributed by atoms with E-state index in [0.717, 1.165) is 27.0 Å². The minimum atomic E-state index is -0.396. The first kappa shape index (κ1) is 20.6. The van der Waals surface area contributed by atoms with Crippen LogP contribution in [-0.4, -0.2) is 22.0 Å². The SMILES string of the molecule is CCN1C(=O)C(Cc2nc3ccccc3c(=O)n2-c2ccc(C)cc2)c2cc(Br)ccc21. The van der Waals surface area contributed by atoms with Crippen LogP contribution in [0.5, 0.6) is 0 Å². The summed E-state index contributed by atoms with van der Waals surface area (Å²) in [6.45, 7) is 4.58. The number of fused-ring (bicyclic) bond motifs is 2. The highest BCUT2D eigenvalue weighted by Crippen LogP contribution is 2.40. The molecule has 0 radical (unpaired) electrons. The molecule has 0 N–H and O–H groups in total. The standard InChI is InChI=1S/C26H22BrN3O2/c1-3-29-23-13-10-17(27)14-20(23)21(25(29)31)15-24-28-22-7-5-4-6-19(22)26(32)30(24)18-11-8-16(2)9-12-18/h4-14,21H,3,15H2,1-2H3. The number of hydrogen-bond acceptors (Lipinski definition) is 3. The number of amides is 1. The second-order valence-corrected chi connectivity index (χ2v) is 8.98. The van der Waals surface area contributed by atoms with Crippen molar-refractivity contribution >= 4 is 38.4 Å². The van der Waals surface area contributed by atoms with Gasteiger partial charge in [-0.05, 0) is 61.9 Å². The minimum absolute atomic E-state index is 0.0402. The predicted octanol–water partition coefficient (Wildman–Crippen LogP) is 5.15. The topological polar surface area (TPSA) is 55.2 Å². The maximum atomic E-state index is 13.5. The van der Waals surface area contributed by atoms with E-state index in [2.05, 4.69) is 15.9 Å². The highest BCUT2D eigenvalue weighted by Gasteiger charge is 2.37. The van der Waals surface area contributed by atoms with E-state index < -0.39 is 5.92 Å². The molecular formula is C26H22BrN3O2. The average molecular weight is 488 g/mol. The van der Waals surface area contributed by atoms with Gasteiger partial charge in [-0.1, -0.05) is 45.8 Å². The lowest BCUT2D eigenvalue weighted by Crippen LogP contribution is -2.31. The van der Waals surface area contributed by atoms with Gasteiger partial charge in [0.15, 0.2) is 0 Å². The van der Waals surface area contributed by atoms with Gasteiger partial charge in [-0.25, -0.2) is 4.98 Å². The van der Waals surface area contributed by atoms with Crippen molar-refractivity contribution in [2.45, 2.75) is 26.2 Å². The summed E-state index contributed by atoms with van der Waals surface area (Å²) < 4.78 is 2.58. The molecule has 0 bridgehead atoms. The van der Waals surface area contributed by atoms with Crippen molar-refractivity contribution in [3.8, 4) is 5.69 Å². The lowest BCUT2D eigenvalue weighted by Gasteiger charge is -2.17. The Morgan fingerprint density at radius 3 is 2.50 bits per heavy atom. The Balaban J connectivity index is 1.70. The fraction of sp³-hybridized carbons (Fsp3) is 0.192. The quantitative estimate of drug-likeness (QED) is 0.399. The van der Waals surface area contributed by atoms with E-state index in [-0.39, 0.29) is 11.5 Å². The van der Waals surface area contributed by atoms with Gasteiger partial charge < -0.3 is 4.90 Å². The van der Waals surface area contributed by atoms with Crippen molar-refractivity contribution < 1.29 is 4.79 Å². The third-order valence-electron chi connectivity index (χ3n) is 6.06. The number of likely N-dealkylation sites (N-methyl/N-ethyl adjacent to an activating group) is 1. The highest BCUT2D eigenvalue weighted by molar-refractivity contribution is 9.10. The molecule has 5 rings (SSSR count). The lowest BCUT2D eigenvalue weighted by atomic mass is 9.96. The molecule has 5 nitrogen and oxygen atoms in total. The molecule has 0 spiro atoms. The molecular weight excluding hydrogens is 466 g/mol. The zero-order chi connectivity index (χ0) is 22.4. The van der Waals surface area contributed by atoms with Gasteiger partial charge in [0.2, 0.25) is 5.91 Å². The zero-order valence-electron chi connectivity index (χ0n) is 17.9. The number of carbonyl (C=O) groups excluding carboxylic acids is 1. The molecule has 32 heavy (non-hydrogen) atoms. The smallest absolute Gasteiger partial charge is 0.265 e. The zero-order valence-corrected chi connectivity index (χ0v) is 19.5. The Morgan fingerprint density at radius 2 is 1.75 bits per heavy atom. The number of anilines is 1. The Labute approximate surface area is 194 Å². The van der Waals surface area contributed by atoms with E-state index in [4.69, 9.17) is 4.98 Å². The van der Waals surface area contributed by atoms with Crippen LogP contribution in [0.1, 0.15) is 29.8 Å². The molecule has 3 aromatic carbocycles. The van der Waals surface area contributed by atoms with Gasteiger partial charge in [0.1, 0.15) is 5.82 Å². The minimum Gasteiger partial charge on any atom is -0.312 e. The van der Waals surface area contributed by atoms with Crippen LogP contribution in [0.3, 0.4) is 0 Å². The molecule has 1 amide bonds. The van der Waals surface area contributed by atoms with Crippen molar-refractivity contribution in [2.24, 2.45) is 0 Å². The summed E-state index contributed by atoms with van der Waals surface area (Å²) in [6.07, 6.45) is 0.340. The molecule has 0 saturated heterocycles. The maximum Gasteiger partial charge on any atom is 0.265 e. The second-order valence-electron chi connectivity index (χ2n) is 8.06. The van der Waals surface area contributed by atoms with E-state index in [0.29, 0.717) is 29.7 Å².